The summed E-state index contributed by atoms with van der Waals surface area (Å²) >= 11 is 0. The minimum absolute atomic E-state index is 0.258. The number of carbonyl (C=O) groups is 1. The van der Waals surface area contributed by atoms with Crippen molar-refractivity contribution in [3.8, 4) is 0 Å². The molecule has 1 aromatic rings. The van der Waals surface area contributed by atoms with Crippen LogP contribution in [0.15, 0.2) is 35.7 Å². The fraction of sp³-hybridized carbons (Fsp3) is 0.583. The average molecular weight is 395 g/mol. The van der Waals surface area contributed by atoms with Crippen LogP contribution >= 0.6 is 0 Å². The number of para-hydroxylation sites is 2. The van der Waals surface area contributed by atoms with Crippen molar-refractivity contribution in [3.05, 3.63) is 35.7 Å². The van der Waals surface area contributed by atoms with Gasteiger partial charge in [0.2, 0.25) is 5.91 Å². The minimum atomic E-state index is -0.258. The van der Waals surface area contributed by atoms with Crippen molar-refractivity contribution in [2.75, 3.05) is 23.8 Å². The predicted octanol–water partition coefficient (Wildman–Crippen LogP) is 4.77. The van der Waals surface area contributed by atoms with Gasteiger partial charge in [-0.1, -0.05) is 32.4 Å². The highest BCUT2D eigenvalue weighted by atomic mass is 16.2. The second-order valence-corrected chi connectivity index (χ2v) is 9.44. The van der Waals surface area contributed by atoms with Crippen molar-refractivity contribution >= 4 is 23.5 Å². The lowest BCUT2D eigenvalue weighted by Crippen LogP contribution is -2.51. The second kappa shape index (κ2) is 7.85. The van der Waals surface area contributed by atoms with E-state index < -0.39 is 0 Å². The Morgan fingerprint density at radius 2 is 2.10 bits per heavy atom. The molecule has 3 aliphatic rings. The van der Waals surface area contributed by atoms with E-state index in [1.807, 2.05) is 36.2 Å². The normalized spacial score (nSPS) is 31.4. The van der Waals surface area contributed by atoms with Crippen molar-refractivity contribution in [3.63, 3.8) is 0 Å². The maximum absolute atomic E-state index is 14.2. The van der Waals surface area contributed by atoms with Crippen molar-refractivity contribution in [1.82, 2.24) is 5.32 Å². The summed E-state index contributed by atoms with van der Waals surface area (Å²) in [6.07, 6.45) is 8.10. The Balaban J connectivity index is 1.76. The second-order valence-electron chi connectivity index (χ2n) is 9.44. The molecule has 1 aromatic carbocycles. The molecular weight excluding hydrogens is 360 g/mol. The molecule has 1 amide bonds. The molecule has 2 saturated carbocycles. The molecule has 156 valence electrons. The van der Waals surface area contributed by atoms with Crippen LogP contribution in [0.5, 0.6) is 0 Å². The molecule has 3 N–H and O–H groups in total. The first kappa shape index (κ1) is 20.0. The number of nitrogens with zero attached hydrogens (tertiary/aromatic N) is 1. The fourth-order valence-electron chi connectivity index (χ4n) is 6.24. The molecular formula is C24H34N4O. The van der Waals surface area contributed by atoms with Gasteiger partial charge in [0.25, 0.3) is 0 Å². The first-order valence-corrected chi connectivity index (χ1v) is 11.1. The van der Waals surface area contributed by atoms with Crippen LogP contribution < -0.4 is 15.5 Å². The van der Waals surface area contributed by atoms with Crippen molar-refractivity contribution in [1.29, 1.82) is 5.41 Å². The molecule has 5 heteroatoms. The number of anilines is 2. The van der Waals surface area contributed by atoms with E-state index in [2.05, 4.69) is 24.5 Å². The van der Waals surface area contributed by atoms with Crippen LogP contribution in [-0.4, -0.2) is 25.7 Å². The van der Waals surface area contributed by atoms with Crippen LogP contribution in [0.4, 0.5) is 11.4 Å². The first-order chi connectivity index (χ1) is 14.0. The Morgan fingerprint density at radius 1 is 1.31 bits per heavy atom. The minimum Gasteiger partial charge on any atom is -0.374 e. The molecule has 1 aliphatic heterocycles. The smallest absolute Gasteiger partial charge is 0.233 e. The van der Waals surface area contributed by atoms with E-state index in [9.17, 15) is 4.79 Å². The van der Waals surface area contributed by atoms with Crippen LogP contribution in [0.25, 0.3) is 0 Å². The molecule has 4 atom stereocenters. The quantitative estimate of drug-likeness (QED) is 0.645. The van der Waals surface area contributed by atoms with Gasteiger partial charge in [0, 0.05) is 18.8 Å². The van der Waals surface area contributed by atoms with E-state index in [0.717, 1.165) is 48.5 Å². The van der Waals surface area contributed by atoms with Crippen LogP contribution in [0.3, 0.4) is 0 Å². The van der Waals surface area contributed by atoms with Crippen LogP contribution in [0, 0.1) is 28.6 Å². The number of hydrogen-bond donors (Lipinski definition) is 3. The summed E-state index contributed by atoms with van der Waals surface area (Å²) in [5.41, 5.74) is 2.38. The Bertz CT molecular complexity index is 828. The maximum atomic E-state index is 14.2. The van der Waals surface area contributed by atoms with E-state index >= 15 is 0 Å². The van der Waals surface area contributed by atoms with Gasteiger partial charge in [-0.3, -0.25) is 4.79 Å². The number of fused-ring (bicyclic) bond motifs is 3. The molecule has 0 aromatic heterocycles. The molecule has 0 saturated heterocycles. The van der Waals surface area contributed by atoms with E-state index in [1.165, 1.54) is 19.1 Å². The summed E-state index contributed by atoms with van der Waals surface area (Å²) < 4.78 is 0. The fourth-order valence-corrected chi connectivity index (χ4v) is 6.24. The SMILES string of the molecule is CCC1CC2CC(C)CC(C(=O)N3CC(C=N)=C(NC)Nc4ccccc43)(C1)C2. The van der Waals surface area contributed by atoms with Crippen molar-refractivity contribution in [2.45, 2.75) is 52.4 Å². The lowest BCUT2D eigenvalue weighted by Gasteiger charge is -2.50. The van der Waals surface area contributed by atoms with Crippen LogP contribution in [0.1, 0.15) is 52.4 Å². The molecule has 4 unspecified atom stereocenters. The van der Waals surface area contributed by atoms with E-state index in [4.69, 9.17) is 5.41 Å². The van der Waals surface area contributed by atoms with Gasteiger partial charge in [0.15, 0.2) is 0 Å². The maximum Gasteiger partial charge on any atom is 0.233 e. The van der Waals surface area contributed by atoms with Gasteiger partial charge in [-0.25, -0.2) is 0 Å². The summed E-state index contributed by atoms with van der Waals surface area (Å²) in [4.78, 5) is 16.2. The summed E-state index contributed by atoms with van der Waals surface area (Å²) in [5, 5.41) is 14.5. The Morgan fingerprint density at radius 3 is 2.83 bits per heavy atom. The standard InChI is InChI=1S/C24H34N4O/c1-4-17-10-18-9-16(2)11-24(12-17,13-18)23(29)28-15-19(14-25)22(26-3)27-20-7-5-6-8-21(20)28/h5-8,14,16-18,25-27H,4,9-13,15H2,1-3H3. The van der Waals surface area contributed by atoms with Crippen LogP contribution in [-0.2, 0) is 4.79 Å². The number of benzene rings is 1. The number of rotatable bonds is 4. The van der Waals surface area contributed by atoms with Crippen molar-refractivity contribution < 1.29 is 4.79 Å². The van der Waals surface area contributed by atoms with Gasteiger partial charge in [-0.15, -0.1) is 0 Å². The largest absolute Gasteiger partial charge is 0.374 e. The molecule has 2 bridgehead atoms. The van der Waals surface area contributed by atoms with E-state index in [1.54, 1.807) is 0 Å². The molecule has 5 nitrogen and oxygen atoms in total. The van der Waals surface area contributed by atoms with Gasteiger partial charge in [-0.05, 0) is 62.0 Å². The first-order valence-electron chi connectivity index (χ1n) is 11.1. The number of nitrogens with one attached hydrogen (secondary N) is 3. The lowest BCUT2D eigenvalue weighted by atomic mass is 9.55. The van der Waals surface area contributed by atoms with E-state index in [-0.39, 0.29) is 11.3 Å². The highest BCUT2D eigenvalue weighted by Gasteiger charge is 2.51. The molecule has 4 rings (SSSR count). The Kier molecular flexibility index (Phi) is 5.41. The van der Waals surface area contributed by atoms with Gasteiger partial charge in [0.1, 0.15) is 5.82 Å². The molecule has 1 heterocycles. The summed E-state index contributed by atoms with van der Waals surface area (Å²) in [5.74, 6) is 2.98. The third kappa shape index (κ3) is 3.56. The zero-order valence-electron chi connectivity index (χ0n) is 17.9. The lowest BCUT2D eigenvalue weighted by molar-refractivity contribution is -0.136. The monoisotopic (exact) mass is 394 g/mol. The molecule has 2 aliphatic carbocycles. The highest BCUT2D eigenvalue weighted by Crippen LogP contribution is 2.55. The highest BCUT2D eigenvalue weighted by molar-refractivity contribution is 6.03. The molecule has 29 heavy (non-hydrogen) atoms. The zero-order valence-corrected chi connectivity index (χ0v) is 17.9. The van der Waals surface area contributed by atoms with E-state index in [0.29, 0.717) is 24.3 Å². The van der Waals surface area contributed by atoms with Gasteiger partial charge in [-0.2, -0.15) is 0 Å². The Labute approximate surface area is 174 Å². The van der Waals surface area contributed by atoms with Crippen LogP contribution in [0.2, 0.25) is 0 Å². The topological polar surface area (TPSA) is 68.2 Å². The van der Waals surface area contributed by atoms with Gasteiger partial charge in [0.05, 0.1) is 23.3 Å². The molecule has 0 radical (unpaired) electrons. The zero-order chi connectivity index (χ0) is 20.6. The van der Waals surface area contributed by atoms with Crippen molar-refractivity contribution in [2.24, 2.45) is 23.2 Å². The number of carbonyl (C=O) groups excluding carboxylic acids is 1. The molecule has 2 fully saturated rings. The average Bonchev–Trinajstić information content (AvgIpc) is 2.88. The van der Waals surface area contributed by atoms with Gasteiger partial charge >= 0.3 is 0 Å². The third-order valence-corrected chi connectivity index (χ3v) is 7.30. The number of amides is 1. The summed E-state index contributed by atoms with van der Waals surface area (Å²) in [7, 11) is 1.85. The Hall–Kier alpha value is -2.30. The van der Waals surface area contributed by atoms with Gasteiger partial charge < -0.3 is 20.9 Å². The predicted molar refractivity (Wildman–Crippen MR) is 119 cm³/mol. The molecule has 0 spiro atoms. The summed E-state index contributed by atoms with van der Waals surface area (Å²) in [6, 6.07) is 8.03. The number of hydrogen-bond acceptors (Lipinski definition) is 4. The summed E-state index contributed by atoms with van der Waals surface area (Å²) in [6.45, 7) is 5.02. The third-order valence-electron chi connectivity index (χ3n) is 7.30.